The van der Waals surface area contributed by atoms with Crippen molar-refractivity contribution in [2.75, 3.05) is 19.4 Å². The van der Waals surface area contributed by atoms with Gasteiger partial charge in [0.05, 0.1) is 10.0 Å². The summed E-state index contributed by atoms with van der Waals surface area (Å²) >= 11 is 11.1. The highest BCUT2D eigenvalue weighted by atomic mass is 35.5. The Morgan fingerprint density at radius 3 is 2.60 bits per heavy atom. The average Bonchev–Trinajstić information content (AvgIpc) is 2.57. The number of nitrogens with two attached hydrogens (primary N) is 1. The number of carbonyl (C=O) groups is 2. The first kappa shape index (κ1) is 19.6. The van der Waals surface area contributed by atoms with E-state index >= 15 is 0 Å². The van der Waals surface area contributed by atoms with Crippen LogP contribution in [-0.4, -0.2) is 52.9 Å². The molecule has 0 aliphatic heterocycles. The third kappa shape index (κ3) is 5.35. The van der Waals surface area contributed by atoms with Gasteiger partial charge in [-0.1, -0.05) is 23.8 Å². The smallest absolute Gasteiger partial charge is 0.314 e. The maximum Gasteiger partial charge on any atom is 0.314 e. The maximum atomic E-state index is 12.1. The molecule has 2 rings (SSSR count). The Kier molecular flexibility index (Phi) is 6.69. The third-order valence-electron chi connectivity index (χ3n) is 4.18. The highest BCUT2D eigenvalue weighted by Gasteiger charge is 2.32. The number of halogens is 1. The van der Waals surface area contributed by atoms with E-state index < -0.39 is 11.8 Å². The molecule has 0 radical (unpaired) electrons. The zero-order valence-corrected chi connectivity index (χ0v) is 15.7. The number of nitrogens with one attached hydrogen (secondary N) is 2. The van der Waals surface area contributed by atoms with E-state index in [9.17, 15) is 9.59 Å². The van der Waals surface area contributed by atoms with Gasteiger partial charge in [0.1, 0.15) is 5.82 Å². The molecule has 0 spiro atoms. The van der Waals surface area contributed by atoms with E-state index in [1.54, 1.807) is 6.07 Å². The van der Waals surface area contributed by atoms with Gasteiger partial charge in [-0.05, 0) is 31.4 Å². The SMILES string of the molecule is CN(C)C(=S)[C@H]1CC[C@H](NC(=O)C(=O)Nc2ccc(Cl)cn2)[C@H](N)C1. The van der Waals surface area contributed by atoms with Crippen LogP contribution < -0.4 is 16.4 Å². The van der Waals surface area contributed by atoms with E-state index in [0.717, 1.165) is 11.4 Å². The number of aromatic nitrogens is 1. The van der Waals surface area contributed by atoms with Crippen molar-refractivity contribution in [3.8, 4) is 0 Å². The molecule has 1 aromatic rings. The van der Waals surface area contributed by atoms with Crippen LogP contribution in [0.25, 0.3) is 0 Å². The van der Waals surface area contributed by atoms with Gasteiger partial charge in [-0.25, -0.2) is 4.98 Å². The molecule has 1 fully saturated rings. The predicted molar refractivity (Wildman–Crippen MR) is 101 cm³/mol. The molecule has 1 aromatic heterocycles. The number of hydrogen-bond acceptors (Lipinski definition) is 5. The summed E-state index contributed by atoms with van der Waals surface area (Å²) in [6.45, 7) is 0. The number of pyridine rings is 1. The molecule has 136 valence electrons. The van der Waals surface area contributed by atoms with Crippen LogP contribution in [0.4, 0.5) is 5.82 Å². The van der Waals surface area contributed by atoms with E-state index in [-0.39, 0.29) is 23.8 Å². The van der Waals surface area contributed by atoms with Crippen molar-refractivity contribution >= 4 is 46.4 Å². The van der Waals surface area contributed by atoms with Crippen LogP contribution in [-0.2, 0) is 9.59 Å². The molecule has 1 saturated carbocycles. The van der Waals surface area contributed by atoms with Gasteiger partial charge in [0, 0.05) is 38.3 Å². The molecule has 25 heavy (non-hydrogen) atoms. The van der Waals surface area contributed by atoms with Crippen molar-refractivity contribution in [1.82, 2.24) is 15.2 Å². The van der Waals surface area contributed by atoms with E-state index in [4.69, 9.17) is 29.6 Å². The summed E-state index contributed by atoms with van der Waals surface area (Å²) in [6.07, 6.45) is 3.58. The van der Waals surface area contributed by atoms with Crippen LogP contribution in [0.5, 0.6) is 0 Å². The van der Waals surface area contributed by atoms with E-state index in [1.807, 2.05) is 19.0 Å². The van der Waals surface area contributed by atoms with Crippen LogP contribution in [0.2, 0.25) is 5.02 Å². The van der Waals surface area contributed by atoms with E-state index in [0.29, 0.717) is 17.9 Å². The van der Waals surface area contributed by atoms with Gasteiger partial charge in [0.2, 0.25) is 0 Å². The lowest BCUT2D eigenvalue weighted by Crippen LogP contribution is -2.54. The second-order valence-corrected chi connectivity index (χ2v) is 7.16. The summed E-state index contributed by atoms with van der Waals surface area (Å²) in [6, 6.07) is 2.60. The van der Waals surface area contributed by atoms with Gasteiger partial charge in [-0.15, -0.1) is 0 Å². The summed E-state index contributed by atoms with van der Waals surface area (Å²) in [5.41, 5.74) is 6.17. The van der Waals surface area contributed by atoms with Gasteiger partial charge in [0.25, 0.3) is 0 Å². The number of carbonyl (C=O) groups excluding carboxylic acids is 2. The number of nitrogens with zero attached hydrogens (tertiary/aromatic N) is 2. The van der Waals surface area contributed by atoms with Gasteiger partial charge in [-0.2, -0.15) is 0 Å². The van der Waals surface area contributed by atoms with Gasteiger partial charge < -0.3 is 21.3 Å². The lowest BCUT2D eigenvalue weighted by molar-refractivity contribution is -0.136. The molecule has 1 aliphatic rings. The fourth-order valence-corrected chi connectivity index (χ4v) is 3.16. The monoisotopic (exact) mass is 383 g/mol. The molecular weight excluding hydrogens is 362 g/mol. The zero-order chi connectivity index (χ0) is 18.6. The molecule has 0 aromatic carbocycles. The zero-order valence-electron chi connectivity index (χ0n) is 14.2. The second kappa shape index (κ2) is 8.55. The average molecular weight is 384 g/mol. The van der Waals surface area contributed by atoms with Gasteiger partial charge >= 0.3 is 11.8 Å². The highest BCUT2D eigenvalue weighted by Crippen LogP contribution is 2.25. The standard InChI is InChI=1S/C16H22ClN5O2S/c1-22(2)16(25)9-3-5-12(11(18)7-9)20-14(23)15(24)21-13-6-4-10(17)8-19-13/h4,6,8-9,11-12H,3,5,7,18H2,1-2H3,(H,20,23)(H,19,21,24)/t9-,11+,12-/m0/s1. The first-order valence-electron chi connectivity index (χ1n) is 7.98. The fraction of sp³-hybridized carbons (Fsp3) is 0.500. The Hall–Kier alpha value is -1.77. The quantitative estimate of drug-likeness (QED) is 0.535. The van der Waals surface area contributed by atoms with Crippen LogP contribution in [0.1, 0.15) is 19.3 Å². The largest absolute Gasteiger partial charge is 0.372 e. The number of thiocarbonyl (C=S) groups is 1. The molecule has 9 heteroatoms. The molecule has 7 nitrogen and oxygen atoms in total. The van der Waals surface area contributed by atoms with Crippen molar-refractivity contribution in [2.45, 2.75) is 31.3 Å². The van der Waals surface area contributed by atoms with E-state index in [2.05, 4.69) is 15.6 Å². The highest BCUT2D eigenvalue weighted by molar-refractivity contribution is 7.80. The Bertz CT molecular complexity index is 652. The van der Waals surface area contributed by atoms with Crippen molar-refractivity contribution in [2.24, 2.45) is 11.7 Å². The molecule has 4 N–H and O–H groups in total. The maximum absolute atomic E-state index is 12.1. The van der Waals surface area contributed by atoms with Crippen LogP contribution in [0.3, 0.4) is 0 Å². The topological polar surface area (TPSA) is 100 Å². The Morgan fingerprint density at radius 1 is 1.32 bits per heavy atom. The Balaban J connectivity index is 1.87. The minimum absolute atomic E-state index is 0.222. The van der Waals surface area contributed by atoms with E-state index in [1.165, 1.54) is 12.3 Å². The minimum Gasteiger partial charge on any atom is -0.372 e. The first-order valence-corrected chi connectivity index (χ1v) is 8.76. The summed E-state index contributed by atoms with van der Waals surface area (Å²) in [4.78, 5) is 30.8. The molecule has 0 bridgehead atoms. The van der Waals surface area contributed by atoms with Crippen LogP contribution >= 0.6 is 23.8 Å². The number of anilines is 1. The summed E-state index contributed by atoms with van der Waals surface area (Å²) in [5.74, 6) is -1.03. The van der Waals surface area contributed by atoms with Crippen molar-refractivity contribution < 1.29 is 9.59 Å². The van der Waals surface area contributed by atoms with Gasteiger partial charge in [-0.3, -0.25) is 9.59 Å². The number of hydrogen-bond donors (Lipinski definition) is 3. The van der Waals surface area contributed by atoms with Crippen LogP contribution in [0, 0.1) is 5.92 Å². The van der Waals surface area contributed by atoms with Crippen molar-refractivity contribution in [3.63, 3.8) is 0 Å². The molecule has 3 atom stereocenters. The molecular formula is C16H22ClN5O2S. The molecule has 0 unspecified atom stereocenters. The van der Waals surface area contributed by atoms with Crippen molar-refractivity contribution in [1.29, 1.82) is 0 Å². The Morgan fingerprint density at radius 2 is 2.04 bits per heavy atom. The number of rotatable bonds is 3. The first-order chi connectivity index (χ1) is 11.8. The summed E-state index contributed by atoms with van der Waals surface area (Å²) < 4.78 is 0. The molecule has 0 saturated heterocycles. The van der Waals surface area contributed by atoms with Crippen molar-refractivity contribution in [3.05, 3.63) is 23.4 Å². The van der Waals surface area contributed by atoms with Gasteiger partial charge in [0.15, 0.2) is 0 Å². The number of amides is 2. The Labute approximate surface area is 157 Å². The summed E-state index contributed by atoms with van der Waals surface area (Å²) in [5, 5.41) is 5.57. The fourth-order valence-electron chi connectivity index (χ4n) is 2.83. The normalized spacial score (nSPS) is 22.8. The summed E-state index contributed by atoms with van der Waals surface area (Å²) in [7, 11) is 3.83. The van der Waals surface area contributed by atoms with Crippen LogP contribution in [0.15, 0.2) is 18.3 Å². The third-order valence-corrected chi connectivity index (χ3v) is 5.10. The molecule has 1 heterocycles. The predicted octanol–water partition coefficient (Wildman–Crippen LogP) is 1.17. The lowest BCUT2D eigenvalue weighted by atomic mass is 9.82. The second-order valence-electron chi connectivity index (χ2n) is 6.30. The molecule has 2 amide bonds. The molecule has 1 aliphatic carbocycles. The minimum atomic E-state index is -0.784. The lowest BCUT2D eigenvalue weighted by Gasteiger charge is -2.36.